The van der Waals surface area contributed by atoms with Crippen LogP contribution in [0.2, 0.25) is 0 Å². The molecule has 0 saturated carbocycles. The fourth-order valence-electron chi connectivity index (χ4n) is 2.90. The van der Waals surface area contributed by atoms with Gasteiger partial charge in [0, 0.05) is 7.05 Å². The van der Waals surface area contributed by atoms with E-state index < -0.39 is 8.37 Å². The van der Waals surface area contributed by atoms with E-state index in [0.29, 0.717) is 0 Å². The molecule has 6 heteroatoms. The highest BCUT2D eigenvalue weighted by Crippen LogP contribution is 2.49. The van der Waals surface area contributed by atoms with Gasteiger partial charge in [-0.25, -0.2) is 0 Å². The molecule has 0 aliphatic carbocycles. The van der Waals surface area contributed by atoms with Crippen molar-refractivity contribution in [3.05, 3.63) is 42.5 Å². The van der Waals surface area contributed by atoms with Gasteiger partial charge in [-0.1, -0.05) is 18.2 Å². The number of ether oxygens (including phenoxy) is 2. The molecule has 0 N–H and O–H groups in total. The van der Waals surface area contributed by atoms with E-state index in [9.17, 15) is 0 Å². The quantitative estimate of drug-likeness (QED) is 0.691. The van der Waals surface area contributed by atoms with E-state index in [1.54, 1.807) is 14.2 Å². The zero-order chi connectivity index (χ0) is 18.6. The fourth-order valence-corrected chi connectivity index (χ4v) is 5.03. The van der Waals surface area contributed by atoms with Gasteiger partial charge in [0.2, 0.25) is 0 Å². The largest absolute Gasteiger partial charge is 0.497 e. The van der Waals surface area contributed by atoms with Crippen LogP contribution in [0.4, 0.5) is 5.69 Å². The monoisotopic (exact) mass is 361 g/mol. The Labute approximate surface area is 152 Å². The molecule has 0 aliphatic heterocycles. The summed E-state index contributed by atoms with van der Waals surface area (Å²) in [5.41, 5.74) is 3.37. The van der Waals surface area contributed by atoms with E-state index in [4.69, 9.17) is 9.47 Å². The topological polar surface area (TPSA) is 28.2 Å². The number of methoxy groups -OCH3 is 2. The zero-order valence-corrected chi connectivity index (χ0v) is 17.0. The summed E-state index contributed by atoms with van der Waals surface area (Å²) < 4.78 is 17.6. The van der Waals surface area contributed by atoms with Crippen LogP contribution in [0.5, 0.6) is 11.5 Å². The Morgan fingerprint density at radius 2 is 1.28 bits per heavy atom. The van der Waals surface area contributed by atoms with Crippen LogP contribution < -0.4 is 14.1 Å². The van der Waals surface area contributed by atoms with E-state index in [1.807, 2.05) is 18.2 Å². The highest BCUT2D eigenvalue weighted by Gasteiger charge is 2.23. The third-order valence-electron chi connectivity index (χ3n) is 3.93. The minimum atomic E-state index is -0.627. The lowest BCUT2D eigenvalue weighted by Gasteiger charge is -2.38. The van der Waals surface area contributed by atoms with Gasteiger partial charge in [0.15, 0.2) is 0 Å². The summed E-state index contributed by atoms with van der Waals surface area (Å²) in [6, 6.07) is 14.4. The van der Waals surface area contributed by atoms with Gasteiger partial charge in [-0.05, 0) is 63.6 Å². The molecular formula is C19H28N3O2P. The van der Waals surface area contributed by atoms with Crippen molar-refractivity contribution in [3.8, 4) is 22.6 Å². The van der Waals surface area contributed by atoms with Crippen molar-refractivity contribution in [2.75, 3.05) is 54.1 Å². The average Bonchev–Trinajstić information content (AvgIpc) is 2.60. The molecule has 0 radical (unpaired) electrons. The molecule has 136 valence electrons. The van der Waals surface area contributed by atoms with Crippen LogP contribution in [0.15, 0.2) is 42.5 Å². The molecule has 0 bridgehead atoms. The van der Waals surface area contributed by atoms with Crippen molar-refractivity contribution in [2.45, 2.75) is 0 Å². The third-order valence-corrected chi connectivity index (χ3v) is 6.12. The second-order valence-electron chi connectivity index (χ2n) is 6.10. The predicted molar refractivity (Wildman–Crippen MR) is 108 cm³/mol. The first-order chi connectivity index (χ1) is 11.9. The predicted octanol–water partition coefficient (Wildman–Crippen LogP) is 4.16. The minimum Gasteiger partial charge on any atom is -0.497 e. The lowest BCUT2D eigenvalue weighted by atomic mass is 10.0. The molecule has 0 heterocycles. The molecule has 25 heavy (non-hydrogen) atoms. The van der Waals surface area contributed by atoms with E-state index in [-0.39, 0.29) is 0 Å². The van der Waals surface area contributed by atoms with Gasteiger partial charge in [-0.15, -0.1) is 0 Å². The second-order valence-corrected chi connectivity index (χ2v) is 8.84. The van der Waals surface area contributed by atoms with E-state index >= 15 is 0 Å². The standard InChI is InChI=1S/C19H28N3O2P/c1-20(2)25(21(3)4)22(5)18-14-16(10-13-19(18)24-7)15-8-11-17(23-6)12-9-15/h8-14H,1-7H3. The summed E-state index contributed by atoms with van der Waals surface area (Å²) >= 11 is 0. The summed E-state index contributed by atoms with van der Waals surface area (Å²) in [7, 11) is 13.3. The lowest BCUT2D eigenvalue weighted by Crippen LogP contribution is -2.28. The minimum absolute atomic E-state index is 0.627. The summed E-state index contributed by atoms with van der Waals surface area (Å²) in [6.45, 7) is 0. The van der Waals surface area contributed by atoms with Crippen molar-refractivity contribution >= 4 is 14.1 Å². The lowest BCUT2D eigenvalue weighted by molar-refractivity contribution is 0.415. The van der Waals surface area contributed by atoms with E-state index in [0.717, 1.165) is 28.3 Å². The highest BCUT2D eigenvalue weighted by atomic mass is 31.2. The van der Waals surface area contributed by atoms with Gasteiger partial charge >= 0.3 is 0 Å². The van der Waals surface area contributed by atoms with Crippen molar-refractivity contribution in [1.29, 1.82) is 0 Å². The van der Waals surface area contributed by atoms with Crippen molar-refractivity contribution in [2.24, 2.45) is 0 Å². The number of nitrogens with zero attached hydrogens (tertiary/aromatic N) is 3. The van der Waals surface area contributed by atoms with Crippen LogP contribution in [0, 0.1) is 0 Å². The van der Waals surface area contributed by atoms with Crippen molar-refractivity contribution in [1.82, 2.24) is 9.34 Å². The highest BCUT2D eigenvalue weighted by molar-refractivity contribution is 7.54. The van der Waals surface area contributed by atoms with E-state index in [2.05, 4.69) is 73.5 Å². The van der Waals surface area contributed by atoms with Crippen LogP contribution in [0.3, 0.4) is 0 Å². The third kappa shape index (κ3) is 4.43. The Morgan fingerprint density at radius 1 is 0.720 bits per heavy atom. The fraction of sp³-hybridized carbons (Fsp3) is 0.368. The first-order valence-electron chi connectivity index (χ1n) is 8.09. The molecular weight excluding hydrogens is 333 g/mol. The molecule has 0 unspecified atom stereocenters. The first-order valence-corrected chi connectivity index (χ1v) is 9.29. The summed E-state index contributed by atoms with van der Waals surface area (Å²) in [5.74, 6) is 1.73. The zero-order valence-electron chi connectivity index (χ0n) is 16.1. The number of hydrogen-bond donors (Lipinski definition) is 0. The van der Waals surface area contributed by atoms with Crippen LogP contribution in [0.1, 0.15) is 0 Å². The molecule has 2 aromatic rings. The summed E-state index contributed by atoms with van der Waals surface area (Å²) in [5, 5.41) is 0. The number of anilines is 1. The molecule has 2 rings (SSSR count). The first kappa shape index (κ1) is 19.5. The maximum Gasteiger partial charge on any atom is 0.148 e. The Morgan fingerprint density at radius 3 is 1.76 bits per heavy atom. The normalized spacial score (nSPS) is 11.3. The molecule has 2 aromatic carbocycles. The van der Waals surface area contributed by atoms with Crippen molar-refractivity contribution in [3.63, 3.8) is 0 Å². The van der Waals surface area contributed by atoms with Crippen molar-refractivity contribution < 1.29 is 9.47 Å². The average molecular weight is 361 g/mol. The molecule has 0 spiro atoms. The molecule has 0 saturated heterocycles. The second kappa shape index (κ2) is 8.52. The Hall–Kier alpha value is -1.81. The smallest absolute Gasteiger partial charge is 0.148 e. The Bertz CT molecular complexity index is 682. The Balaban J connectivity index is 2.45. The van der Waals surface area contributed by atoms with Gasteiger partial charge in [0.25, 0.3) is 0 Å². The van der Waals surface area contributed by atoms with Gasteiger partial charge in [0.1, 0.15) is 19.9 Å². The van der Waals surface area contributed by atoms with Gasteiger partial charge in [0.05, 0.1) is 19.9 Å². The van der Waals surface area contributed by atoms with Crippen LogP contribution in [-0.2, 0) is 0 Å². The van der Waals surface area contributed by atoms with Gasteiger partial charge in [-0.3, -0.25) is 9.34 Å². The van der Waals surface area contributed by atoms with Crippen LogP contribution in [-0.4, -0.2) is 58.8 Å². The molecule has 0 atom stereocenters. The van der Waals surface area contributed by atoms with Gasteiger partial charge in [-0.2, -0.15) is 0 Å². The van der Waals surface area contributed by atoms with Gasteiger partial charge < -0.3 is 14.1 Å². The SMILES string of the molecule is COc1ccc(-c2ccc(OC)c(N(C)P(N(C)C)N(C)C)c2)cc1. The summed E-state index contributed by atoms with van der Waals surface area (Å²) in [6.07, 6.45) is 0. The molecule has 0 fully saturated rings. The maximum atomic E-state index is 5.62. The van der Waals surface area contributed by atoms with Crippen LogP contribution >= 0.6 is 8.37 Å². The molecule has 5 nitrogen and oxygen atoms in total. The molecule has 0 aliphatic rings. The molecule has 0 amide bonds. The number of benzene rings is 2. The van der Waals surface area contributed by atoms with Crippen LogP contribution in [0.25, 0.3) is 11.1 Å². The van der Waals surface area contributed by atoms with E-state index in [1.165, 1.54) is 0 Å². The number of hydrogen-bond acceptors (Lipinski definition) is 5. The Kier molecular flexibility index (Phi) is 6.65. The number of rotatable bonds is 7. The maximum absolute atomic E-state index is 5.62. The molecule has 0 aromatic heterocycles. The summed E-state index contributed by atoms with van der Waals surface area (Å²) in [4.78, 5) is 0.